The van der Waals surface area contributed by atoms with E-state index in [9.17, 15) is 8.78 Å². The first-order valence-electron chi connectivity index (χ1n) is 4.05. The summed E-state index contributed by atoms with van der Waals surface area (Å²) in [6, 6.07) is 4.31. The van der Waals surface area contributed by atoms with Crippen molar-refractivity contribution in [3.8, 4) is 11.3 Å². The van der Waals surface area contributed by atoms with Gasteiger partial charge in [0, 0.05) is 5.56 Å². The molecule has 0 spiro atoms. The van der Waals surface area contributed by atoms with Gasteiger partial charge in [0.2, 0.25) is 0 Å². The third-order valence-corrected chi connectivity index (χ3v) is 2.76. The number of aromatic nitrogens is 2. The summed E-state index contributed by atoms with van der Waals surface area (Å²) in [6.45, 7) is 0. The molecule has 0 aliphatic rings. The summed E-state index contributed by atoms with van der Waals surface area (Å²) in [5, 5.41) is 5.91. The molecule has 0 amide bonds. The third-order valence-electron chi connectivity index (χ3n) is 1.95. The number of hydrogen-bond donors (Lipinski definition) is 2. The predicted molar refractivity (Wildman–Crippen MR) is 56.1 cm³/mol. The molecule has 0 aliphatic carbocycles. The second-order valence-corrected chi connectivity index (χ2v) is 3.69. The van der Waals surface area contributed by atoms with Crippen LogP contribution in [-0.4, -0.2) is 10.2 Å². The largest absolute Gasteiger partial charge is 0.380 e. The Kier molecular flexibility index (Phi) is 2.44. The lowest BCUT2D eigenvalue weighted by Gasteiger charge is -2.02. The third kappa shape index (κ3) is 1.61. The summed E-state index contributed by atoms with van der Waals surface area (Å²) in [5.74, 6) is -1.39. The second kappa shape index (κ2) is 3.62. The van der Waals surface area contributed by atoms with Crippen LogP contribution >= 0.6 is 15.9 Å². The van der Waals surface area contributed by atoms with Gasteiger partial charge in [-0.3, -0.25) is 5.10 Å². The highest BCUT2D eigenvalue weighted by molar-refractivity contribution is 9.10. The molecule has 2 rings (SSSR count). The fourth-order valence-electron chi connectivity index (χ4n) is 1.22. The molecule has 0 aliphatic heterocycles. The van der Waals surface area contributed by atoms with Crippen molar-refractivity contribution in [1.82, 2.24) is 10.2 Å². The van der Waals surface area contributed by atoms with Gasteiger partial charge < -0.3 is 5.73 Å². The number of benzene rings is 1. The minimum absolute atomic E-state index is 0.0684. The number of H-pyrrole nitrogens is 1. The maximum atomic E-state index is 13.4. The zero-order valence-corrected chi connectivity index (χ0v) is 8.98. The quantitative estimate of drug-likeness (QED) is 0.840. The van der Waals surface area contributed by atoms with Gasteiger partial charge in [0.15, 0.2) is 11.6 Å². The van der Waals surface area contributed by atoms with Crippen molar-refractivity contribution in [2.75, 3.05) is 5.73 Å². The highest BCUT2D eigenvalue weighted by atomic mass is 79.9. The normalized spacial score (nSPS) is 10.6. The molecular weight excluding hydrogens is 268 g/mol. The maximum absolute atomic E-state index is 13.4. The van der Waals surface area contributed by atoms with Crippen molar-refractivity contribution in [2.45, 2.75) is 0 Å². The van der Waals surface area contributed by atoms with Crippen LogP contribution in [0.4, 0.5) is 14.6 Å². The van der Waals surface area contributed by atoms with Crippen LogP contribution in [0.3, 0.4) is 0 Å². The molecule has 0 bridgehead atoms. The summed E-state index contributed by atoms with van der Waals surface area (Å²) in [4.78, 5) is 0. The smallest absolute Gasteiger partial charge is 0.192 e. The van der Waals surface area contributed by atoms with Gasteiger partial charge in [-0.25, -0.2) is 8.78 Å². The van der Waals surface area contributed by atoms with Crippen molar-refractivity contribution < 1.29 is 8.78 Å². The lowest BCUT2D eigenvalue weighted by molar-refractivity contribution is 0.620. The Bertz CT molecular complexity index is 510. The summed E-state index contributed by atoms with van der Waals surface area (Å²) in [6.07, 6.45) is 0. The van der Waals surface area contributed by atoms with Crippen LogP contribution in [0.1, 0.15) is 0 Å². The Morgan fingerprint density at radius 2 is 2.07 bits per heavy atom. The molecule has 3 nitrogen and oxygen atoms in total. The molecule has 0 radical (unpaired) electrons. The second-order valence-electron chi connectivity index (χ2n) is 2.90. The highest BCUT2D eigenvalue weighted by Gasteiger charge is 2.16. The molecule has 6 heteroatoms. The van der Waals surface area contributed by atoms with Crippen LogP contribution < -0.4 is 5.73 Å². The van der Waals surface area contributed by atoms with Gasteiger partial charge >= 0.3 is 0 Å². The van der Waals surface area contributed by atoms with Gasteiger partial charge in [-0.1, -0.05) is 12.1 Å². The first kappa shape index (κ1) is 10.1. The Morgan fingerprint density at radius 3 is 2.67 bits per heavy atom. The molecule has 15 heavy (non-hydrogen) atoms. The number of hydrogen-bond acceptors (Lipinski definition) is 2. The number of nitrogens with one attached hydrogen (secondary N) is 1. The van der Waals surface area contributed by atoms with E-state index < -0.39 is 11.6 Å². The number of aromatic amines is 1. The minimum Gasteiger partial charge on any atom is -0.380 e. The summed E-state index contributed by atoms with van der Waals surface area (Å²) in [7, 11) is 0. The molecule has 3 N–H and O–H groups in total. The molecule has 1 aromatic carbocycles. The number of rotatable bonds is 1. The lowest BCUT2D eigenvalue weighted by atomic mass is 10.1. The first-order chi connectivity index (χ1) is 7.11. The van der Waals surface area contributed by atoms with Gasteiger partial charge in [-0.2, -0.15) is 5.10 Å². The highest BCUT2D eigenvalue weighted by Crippen LogP contribution is 2.31. The Balaban J connectivity index is 2.64. The van der Waals surface area contributed by atoms with Crippen molar-refractivity contribution >= 4 is 21.7 Å². The molecule has 0 fully saturated rings. The van der Waals surface area contributed by atoms with Gasteiger partial charge in [0.05, 0.1) is 4.47 Å². The van der Waals surface area contributed by atoms with Crippen LogP contribution in [0.2, 0.25) is 0 Å². The van der Waals surface area contributed by atoms with E-state index in [1.807, 2.05) is 0 Å². The van der Waals surface area contributed by atoms with Crippen LogP contribution in [0.5, 0.6) is 0 Å². The molecule has 1 aromatic heterocycles. The molecule has 2 aromatic rings. The Labute approximate surface area is 92.4 Å². The van der Waals surface area contributed by atoms with E-state index in [1.165, 1.54) is 12.1 Å². The van der Waals surface area contributed by atoms with E-state index in [2.05, 4.69) is 26.1 Å². The van der Waals surface area contributed by atoms with Crippen LogP contribution in [-0.2, 0) is 0 Å². The van der Waals surface area contributed by atoms with Gasteiger partial charge in [-0.15, -0.1) is 0 Å². The molecule has 0 unspecified atom stereocenters. The lowest BCUT2D eigenvalue weighted by Crippen LogP contribution is -1.89. The Morgan fingerprint density at radius 1 is 1.33 bits per heavy atom. The van der Waals surface area contributed by atoms with Gasteiger partial charge in [-0.05, 0) is 22.0 Å². The van der Waals surface area contributed by atoms with Crippen LogP contribution in [0.15, 0.2) is 22.7 Å². The number of nitrogen functional groups attached to an aromatic ring is 1. The summed E-state index contributed by atoms with van der Waals surface area (Å²) >= 11 is 3.03. The fourth-order valence-corrected chi connectivity index (χ4v) is 1.68. The van der Waals surface area contributed by atoms with E-state index in [4.69, 9.17) is 5.73 Å². The molecule has 1 heterocycles. The van der Waals surface area contributed by atoms with E-state index in [1.54, 1.807) is 6.07 Å². The Hall–Kier alpha value is -1.43. The number of halogens is 3. The standard InChI is InChI=1S/C9H6BrF2N3/c10-6-4(2-1-3-5(6)11)8-7(12)9(13)15-14-8/h1-3H,(H3,13,14,15). The SMILES string of the molecule is Nc1n[nH]c(-c2cccc(F)c2Br)c1F. The zero-order valence-electron chi connectivity index (χ0n) is 7.39. The van der Waals surface area contributed by atoms with E-state index in [-0.39, 0.29) is 16.0 Å². The predicted octanol–water partition coefficient (Wildman–Crippen LogP) is 2.70. The molecule has 0 atom stereocenters. The van der Waals surface area contributed by atoms with E-state index in [0.29, 0.717) is 5.56 Å². The van der Waals surface area contributed by atoms with E-state index >= 15 is 0 Å². The van der Waals surface area contributed by atoms with Gasteiger partial charge in [0.25, 0.3) is 0 Å². The average molecular weight is 274 g/mol. The maximum Gasteiger partial charge on any atom is 0.192 e. The fraction of sp³-hybridized carbons (Fsp3) is 0. The van der Waals surface area contributed by atoms with Crippen molar-refractivity contribution in [1.29, 1.82) is 0 Å². The number of anilines is 1. The van der Waals surface area contributed by atoms with Gasteiger partial charge in [0.1, 0.15) is 11.5 Å². The first-order valence-corrected chi connectivity index (χ1v) is 4.84. The van der Waals surface area contributed by atoms with Crippen molar-refractivity contribution in [3.63, 3.8) is 0 Å². The molecular formula is C9H6BrF2N3. The molecule has 0 saturated carbocycles. The van der Waals surface area contributed by atoms with Crippen LogP contribution in [0.25, 0.3) is 11.3 Å². The molecule has 78 valence electrons. The average Bonchev–Trinajstić information content (AvgIpc) is 2.53. The van der Waals surface area contributed by atoms with Crippen LogP contribution in [0, 0.1) is 11.6 Å². The topological polar surface area (TPSA) is 54.7 Å². The zero-order chi connectivity index (χ0) is 11.0. The summed E-state index contributed by atoms with van der Waals surface area (Å²) < 4.78 is 26.7. The van der Waals surface area contributed by atoms with Crippen molar-refractivity contribution in [2.24, 2.45) is 0 Å². The number of nitrogens with zero attached hydrogens (tertiary/aromatic N) is 1. The molecule has 0 saturated heterocycles. The van der Waals surface area contributed by atoms with Crippen molar-refractivity contribution in [3.05, 3.63) is 34.3 Å². The van der Waals surface area contributed by atoms with E-state index in [0.717, 1.165) is 0 Å². The monoisotopic (exact) mass is 273 g/mol. The summed E-state index contributed by atoms with van der Waals surface area (Å²) in [5.41, 5.74) is 5.65. The number of nitrogens with two attached hydrogens (primary N) is 1. The minimum atomic E-state index is -0.679.